The Bertz CT molecular complexity index is 541. The molecule has 108 valence electrons. The Balaban J connectivity index is 1.89. The zero-order valence-corrected chi connectivity index (χ0v) is 12.7. The molecule has 20 heavy (non-hydrogen) atoms. The lowest BCUT2D eigenvalue weighted by molar-refractivity contribution is 0.316. The molecular formula is C15H20FN3S. The maximum atomic E-state index is 13.6. The molecule has 0 aliphatic rings. The van der Waals surface area contributed by atoms with Crippen molar-refractivity contribution in [3.8, 4) is 0 Å². The molecule has 0 radical (unpaired) electrons. The molecule has 0 atom stereocenters. The van der Waals surface area contributed by atoms with Crippen LogP contribution in [0.3, 0.4) is 0 Å². The van der Waals surface area contributed by atoms with Crippen molar-refractivity contribution in [3.05, 3.63) is 46.7 Å². The molecule has 1 aromatic heterocycles. The molecule has 1 aromatic carbocycles. The maximum absolute atomic E-state index is 13.6. The fourth-order valence-corrected chi connectivity index (χ4v) is 2.85. The molecule has 0 bridgehead atoms. The van der Waals surface area contributed by atoms with Crippen molar-refractivity contribution in [2.75, 3.05) is 18.9 Å². The smallest absolute Gasteiger partial charge is 0.182 e. The van der Waals surface area contributed by atoms with Gasteiger partial charge in [0.1, 0.15) is 5.82 Å². The van der Waals surface area contributed by atoms with Crippen molar-refractivity contribution in [2.24, 2.45) is 0 Å². The third-order valence-electron chi connectivity index (χ3n) is 2.90. The Kier molecular flexibility index (Phi) is 5.49. The lowest BCUT2D eigenvalue weighted by Gasteiger charge is -2.15. The van der Waals surface area contributed by atoms with Gasteiger partial charge in [-0.25, -0.2) is 9.37 Å². The van der Waals surface area contributed by atoms with Crippen LogP contribution in [0.1, 0.15) is 23.8 Å². The highest BCUT2D eigenvalue weighted by molar-refractivity contribution is 7.15. The summed E-state index contributed by atoms with van der Waals surface area (Å²) in [5.41, 5.74) is 0.726. The van der Waals surface area contributed by atoms with Crippen LogP contribution in [0.5, 0.6) is 0 Å². The molecule has 0 fully saturated rings. The predicted molar refractivity (Wildman–Crippen MR) is 82.5 cm³/mol. The maximum Gasteiger partial charge on any atom is 0.182 e. The standard InChI is InChI=1S/C15H20FN3S/c1-3-8-17-15-18-9-13(20-15)11-19(2)10-12-6-4-5-7-14(12)16/h4-7,9H,3,8,10-11H2,1-2H3,(H,17,18). The number of nitrogens with zero attached hydrogens (tertiary/aromatic N) is 2. The Morgan fingerprint density at radius 1 is 1.30 bits per heavy atom. The molecule has 0 amide bonds. The minimum absolute atomic E-state index is 0.144. The minimum atomic E-state index is -0.144. The van der Waals surface area contributed by atoms with E-state index in [0.29, 0.717) is 6.54 Å². The van der Waals surface area contributed by atoms with Gasteiger partial charge in [0.2, 0.25) is 0 Å². The van der Waals surface area contributed by atoms with Gasteiger partial charge in [0.05, 0.1) is 0 Å². The largest absolute Gasteiger partial charge is 0.362 e. The van der Waals surface area contributed by atoms with Gasteiger partial charge >= 0.3 is 0 Å². The van der Waals surface area contributed by atoms with Gasteiger partial charge in [0.25, 0.3) is 0 Å². The highest BCUT2D eigenvalue weighted by Gasteiger charge is 2.08. The van der Waals surface area contributed by atoms with Gasteiger partial charge in [-0.3, -0.25) is 4.90 Å². The Morgan fingerprint density at radius 3 is 2.85 bits per heavy atom. The number of halogens is 1. The molecule has 0 unspecified atom stereocenters. The summed E-state index contributed by atoms with van der Waals surface area (Å²) in [6.07, 6.45) is 2.97. The normalized spacial score (nSPS) is 11.0. The second-order valence-electron chi connectivity index (χ2n) is 4.82. The van der Waals surface area contributed by atoms with Crippen LogP contribution in [0.15, 0.2) is 30.5 Å². The van der Waals surface area contributed by atoms with Gasteiger partial charge in [-0.1, -0.05) is 25.1 Å². The molecule has 1 N–H and O–H groups in total. The van der Waals surface area contributed by atoms with Crippen LogP contribution < -0.4 is 5.32 Å². The van der Waals surface area contributed by atoms with E-state index >= 15 is 0 Å². The summed E-state index contributed by atoms with van der Waals surface area (Å²) >= 11 is 1.66. The topological polar surface area (TPSA) is 28.2 Å². The third-order valence-corrected chi connectivity index (χ3v) is 3.84. The summed E-state index contributed by atoms with van der Waals surface area (Å²) in [4.78, 5) is 7.61. The van der Waals surface area contributed by atoms with E-state index in [9.17, 15) is 4.39 Å². The van der Waals surface area contributed by atoms with E-state index in [1.165, 1.54) is 10.9 Å². The third kappa shape index (κ3) is 4.28. The molecule has 2 aromatic rings. The van der Waals surface area contributed by atoms with Crippen molar-refractivity contribution in [2.45, 2.75) is 26.4 Å². The molecule has 1 heterocycles. The van der Waals surface area contributed by atoms with Gasteiger partial charge < -0.3 is 5.32 Å². The van der Waals surface area contributed by atoms with E-state index in [2.05, 4.69) is 22.1 Å². The van der Waals surface area contributed by atoms with E-state index in [-0.39, 0.29) is 5.82 Å². The van der Waals surface area contributed by atoms with E-state index in [4.69, 9.17) is 0 Å². The highest BCUT2D eigenvalue weighted by atomic mass is 32.1. The average molecular weight is 293 g/mol. The predicted octanol–water partition coefficient (Wildman–Crippen LogP) is 3.74. The van der Waals surface area contributed by atoms with Gasteiger partial charge in [-0.2, -0.15) is 0 Å². The Labute approximate surface area is 123 Å². The number of thiazole rings is 1. The first-order valence-corrected chi connectivity index (χ1v) is 7.61. The number of hydrogen-bond acceptors (Lipinski definition) is 4. The minimum Gasteiger partial charge on any atom is -0.362 e. The monoisotopic (exact) mass is 293 g/mol. The Morgan fingerprint density at radius 2 is 2.10 bits per heavy atom. The van der Waals surface area contributed by atoms with Crippen LogP contribution in [-0.2, 0) is 13.1 Å². The average Bonchev–Trinajstić information content (AvgIpc) is 2.86. The van der Waals surface area contributed by atoms with Crippen LogP contribution in [0, 0.1) is 5.82 Å². The number of hydrogen-bond donors (Lipinski definition) is 1. The number of anilines is 1. The summed E-state index contributed by atoms with van der Waals surface area (Å²) in [6.45, 7) is 4.45. The van der Waals surface area contributed by atoms with Crippen molar-refractivity contribution in [1.82, 2.24) is 9.88 Å². The number of aromatic nitrogens is 1. The molecule has 0 aliphatic heterocycles. The Hall–Kier alpha value is -1.46. The molecule has 5 heteroatoms. The lowest BCUT2D eigenvalue weighted by Crippen LogP contribution is -2.17. The summed E-state index contributed by atoms with van der Waals surface area (Å²) < 4.78 is 13.6. The molecule has 0 saturated carbocycles. The first-order chi connectivity index (χ1) is 9.69. The van der Waals surface area contributed by atoms with Crippen molar-refractivity contribution < 1.29 is 4.39 Å². The number of nitrogens with one attached hydrogen (secondary N) is 1. The molecule has 0 spiro atoms. The number of rotatable bonds is 7. The zero-order valence-electron chi connectivity index (χ0n) is 11.9. The molecular weight excluding hydrogens is 273 g/mol. The second-order valence-corrected chi connectivity index (χ2v) is 5.94. The molecule has 2 rings (SSSR count). The van der Waals surface area contributed by atoms with Crippen molar-refractivity contribution in [1.29, 1.82) is 0 Å². The van der Waals surface area contributed by atoms with Gasteiger partial charge in [0, 0.05) is 36.3 Å². The van der Waals surface area contributed by atoms with Crippen LogP contribution in [-0.4, -0.2) is 23.5 Å². The first kappa shape index (κ1) is 14.9. The summed E-state index contributed by atoms with van der Waals surface area (Å²) in [5, 5.41) is 4.24. The molecule has 3 nitrogen and oxygen atoms in total. The van der Waals surface area contributed by atoms with E-state index in [1.54, 1.807) is 17.4 Å². The van der Waals surface area contributed by atoms with Crippen LogP contribution in [0.4, 0.5) is 9.52 Å². The molecule has 0 aliphatic carbocycles. The first-order valence-electron chi connectivity index (χ1n) is 6.79. The summed E-state index contributed by atoms with van der Waals surface area (Å²) in [5.74, 6) is -0.144. The van der Waals surface area contributed by atoms with E-state index in [1.807, 2.05) is 25.4 Å². The SMILES string of the molecule is CCCNc1ncc(CN(C)Cc2ccccc2F)s1. The van der Waals surface area contributed by atoms with Crippen molar-refractivity contribution in [3.63, 3.8) is 0 Å². The zero-order chi connectivity index (χ0) is 14.4. The summed E-state index contributed by atoms with van der Waals surface area (Å²) in [6, 6.07) is 6.91. The second kappa shape index (κ2) is 7.36. The van der Waals surface area contributed by atoms with Crippen LogP contribution >= 0.6 is 11.3 Å². The molecule has 0 saturated heterocycles. The lowest BCUT2D eigenvalue weighted by atomic mass is 10.2. The van der Waals surface area contributed by atoms with E-state index in [0.717, 1.165) is 30.2 Å². The quantitative estimate of drug-likeness (QED) is 0.843. The van der Waals surface area contributed by atoms with Crippen LogP contribution in [0.2, 0.25) is 0 Å². The number of benzene rings is 1. The highest BCUT2D eigenvalue weighted by Crippen LogP contribution is 2.20. The van der Waals surface area contributed by atoms with E-state index < -0.39 is 0 Å². The van der Waals surface area contributed by atoms with Gasteiger partial charge in [0.15, 0.2) is 5.13 Å². The van der Waals surface area contributed by atoms with Gasteiger partial charge in [-0.15, -0.1) is 11.3 Å². The fourth-order valence-electron chi connectivity index (χ4n) is 1.93. The van der Waals surface area contributed by atoms with Crippen LogP contribution in [0.25, 0.3) is 0 Å². The van der Waals surface area contributed by atoms with Gasteiger partial charge in [-0.05, 0) is 19.5 Å². The van der Waals surface area contributed by atoms with Crippen molar-refractivity contribution >= 4 is 16.5 Å². The summed E-state index contributed by atoms with van der Waals surface area (Å²) in [7, 11) is 1.99. The fraction of sp³-hybridized carbons (Fsp3) is 0.400.